The normalized spacial score (nSPS) is 12.3. The molecule has 96 valence electrons. The van der Waals surface area contributed by atoms with Crippen LogP contribution in [0.1, 0.15) is 5.56 Å². The Morgan fingerprint density at radius 2 is 2.17 bits per heavy atom. The quantitative estimate of drug-likeness (QED) is 0.694. The first-order valence-corrected chi connectivity index (χ1v) is 5.49. The van der Waals surface area contributed by atoms with E-state index in [0.717, 1.165) is 5.56 Å². The maximum absolute atomic E-state index is 11.3. The van der Waals surface area contributed by atoms with Gasteiger partial charge in [-0.25, -0.2) is 4.79 Å². The fraction of sp³-hybridized carbons (Fsp3) is 0.167. The molecular weight excluding hydrogens is 258 g/mol. The lowest BCUT2D eigenvalue weighted by molar-refractivity contribution is -0.146. The van der Waals surface area contributed by atoms with Gasteiger partial charge in [-0.1, -0.05) is 23.7 Å². The summed E-state index contributed by atoms with van der Waals surface area (Å²) in [5.74, 6) is -1.87. The topological polar surface area (TPSA) is 86.6 Å². The van der Waals surface area contributed by atoms with Gasteiger partial charge in [0, 0.05) is 11.1 Å². The number of hydrogen-bond acceptors (Lipinski definition) is 3. The van der Waals surface area contributed by atoms with E-state index in [4.69, 9.17) is 21.8 Å². The van der Waals surface area contributed by atoms with Crippen molar-refractivity contribution < 1.29 is 19.8 Å². The van der Waals surface area contributed by atoms with Crippen molar-refractivity contribution in [2.24, 2.45) is 0 Å². The molecule has 0 saturated heterocycles. The van der Waals surface area contributed by atoms with Crippen molar-refractivity contribution in [1.29, 1.82) is 0 Å². The summed E-state index contributed by atoms with van der Waals surface area (Å²) in [6.07, 6.45) is 1.17. The number of amides is 1. The third kappa shape index (κ3) is 4.99. The van der Waals surface area contributed by atoms with Crippen molar-refractivity contribution in [3.8, 4) is 0 Å². The van der Waals surface area contributed by atoms with E-state index in [2.05, 4.69) is 5.32 Å². The molecule has 0 radical (unpaired) electrons. The molecule has 0 heterocycles. The number of rotatable bonds is 5. The van der Waals surface area contributed by atoms with Gasteiger partial charge in [0.1, 0.15) is 0 Å². The maximum Gasteiger partial charge on any atom is 0.334 e. The highest BCUT2D eigenvalue weighted by Gasteiger charge is 2.12. The highest BCUT2D eigenvalue weighted by Crippen LogP contribution is 2.11. The molecule has 1 aromatic rings. The highest BCUT2D eigenvalue weighted by atomic mass is 35.5. The summed E-state index contributed by atoms with van der Waals surface area (Å²) in [5.41, 5.74) is 0.747. The van der Waals surface area contributed by atoms with Crippen molar-refractivity contribution in [2.75, 3.05) is 6.54 Å². The lowest BCUT2D eigenvalue weighted by Crippen LogP contribution is -2.35. The van der Waals surface area contributed by atoms with E-state index >= 15 is 0 Å². The third-order valence-electron chi connectivity index (χ3n) is 2.03. The second-order valence-corrected chi connectivity index (χ2v) is 3.92. The summed E-state index contributed by atoms with van der Waals surface area (Å²) in [5, 5.41) is 20.2. The molecule has 0 aliphatic heterocycles. The van der Waals surface area contributed by atoms with Crippen LogP contribution in [0.2, 0.25) is 5.02 Å². The fourth-order valence-corrected chi connectivity index (χ4v) is 1.32. The SMILES string of the molecule is O=C(C=Cc1cccc(Cl)c1)NCC(O)C(=O)O. The van der Waals surface area contributed by atoms with Crippen molar-refractivity contribution in [1.82, 2.24) is 5.32 Å². The molecule has 0 aliphatic rings. The van der Waals surface area contributed by atoms with Crippen LogP contribution >= 0.6 is 11.6 Å². The minimum absolute atomic E-state index is 0.339. The average Bonchev–Trinajstić information content (AvgIpc) is 2.33. The molecule has 3 N–H and O–H groups in total. The second kappa shape index (κ2) is 6.78. The summed E-state index contributed by atoms with van der Waals surface area (Å²) >= 11 is 5.76. The number of benzene rings is 1. The Morgan fingerprint density at radius 3 is 2.78 bits per heavy atom. The summed E-state index contributed by atoms with van der Waals surface area (Å²) in [7, 11) is 0. The van der Waals surface area contributed by atoms with Crippen molar-refractivity contribution >= 4 is 29.6 Å². The Bertz CT molecular complexity index is 473. The van der Waals surface area contributed by atoms with Gasteiger partial charge in [0.25, 0.3) is 0 Å². The summed E-state index contributed by atoms with van der Waals surface area (Å²) in [6, 6.07) is 6.90. The number of aliphatic hydroxyl groups is 1. The lowest BCUT2D eigenvalue weighted by Gasteiger charge is -2.05. The first-order valence-electron chi connectivity index (χ1n) is 5.11. The van der Waals surface area contributed by atoms with Crippen LogP contribution < -0.4 is 5.32 Å². The Balaban J connectivity index is 2.47. The van der Waals surface area contributed by atoms with Gasteiger partial charge < -0.3 is 15.5 Å². The number of carbonyl (C=O) groups excluding carboxylic acids is 1. The van der Waals surface area contributed by atoms with Crippen LogP contribution in [0.15, 0.2) is 30.3 Å². The van der Waals surface area contributed by atoms with Gasteiger partial charge in [0.2, 0.25) is 5.91 Å². The van der Waals surface area contributed by atoms with Crippen LogP contribution in [0.25, 0.3) is 6.08 Å². The van der Waals surface area contributed by atoms with Gasteiger partial charge in [-0.3, -0.25) is 4.79 Å². The van der Waals surface area contributed by atoms with E-state index in [1.807, 2.05) is 0 Å². The number of aliphatic hydroxyl groups excluding tert-OH is 1. The monoisotopic (exact) mass is 269 g/mol. The Kier molecular flexibility index (Phi) is 5.35. The summed E-state index contributed by atoms with van der Waals surface area (Å²) in [4.78, 5) is 21.6. The molecule has 1 atom stereocenters. The number of aliphatic carboxylic acids is 1. The molecule has 5 nitrogen and oxygen atoms in total. The third-order valence-corrected chi connectivity index (χ3v) is 2.27. The zero-order chi connectivity index (χ0) is 13.5. The molecule has 6 heteroatoms. The van der Waals surface area contributed by atoms with E-state index in [-0.39, 0.29) is 6.54 Å². The molecule has 0 saturated carbocycles. The van der Waals surface area contributed by atoms with Crippen LogP contribution in [0.4, 0.5) is 0 Å². The number of carbonyl (C=O) groups is 2. The van der Waals surface area contributed by atoms with Crippen LogP contribution in [0.5, 0.6) is 0 Å². The molecule has 0 spiro atoms. The predicted octanol–water partition coefficient (Wildman–Crippen LogP) is 0.915. The first-order chi connectivity index (χ1) is 8.49. The van der Waals surface area contributed by atoms with Crippen LogP contribution in [-0.4, -0.2) is 34.7 Å². The molecule has 18 heavy (non-hydrogen) atoms. The van der Waals surface area contributed by atoms with E-state index in [9.17, 15) is 9.59 Å². The van der Waals surface area contributed by atoms with Crippen LogP contribution in [0.3, 0.4) is 0 Å². The second-order valence-electron chi connectivity index (χ2n) is 3.49. The summed E-state index contributed by atoms with van der Waals surface area (Å²) < 4.78 is 0. The van der Waals surface area contributed by atoms with Gasteiger partial charge in [-0.2, -0.15) is 0 Å². The Labute approximate surface area is 109 Å². The average molecular weight is 270 g/mol. The van der Waals surface area contributed by atoms with E-state index in [1.54, 1.807) is 24.3 Å². The molecule has 0 aromatic heterocycles. The molecule has 1 aromatic carbocycles. The number of halogens is 1. The lowest BCUT2D eigenvalue weighted by atomic mass is 10.2. The highest BCUT2D eigenvalue weighted by molar-refractivity contribution is 6.30. The van der Waals surface area contributed by atoms with Crippen molar-refractivity contribution in [3.05, 3.63) is 40.9 Å². The molecule has 1 rings (SSSR count). The Morgan fingerprint density at radius 1 is 1.44 bits per heavy atom. The van der Waals surface area contributed by atoms with E-state index in [0.29, 0.717) is 5.02 Å². The standard InChI is InChI=1S/C12H12ClNO4/c13-9-3-1-2-8(6-9)4-5-11(16)14-7-10(15)12(17)18/h1-6,10,15H,7H2,(H,14,16)(H,17,18). The van der Waals surface area contributed by atoms with Crippen LogP contribution in [0, 0.1) is 0 Å². The van der Waals surface area contributed by atoms with E-state index in [1.165, 1.54) is 12.2 Å². The Hall–Kier alpha value is -1.85. The molecular formula is C12H12ClNO4. The number of hydrogen-bond donors (Lipinski definition) is 3. The zero-order valence-electron chi connectivity index (χ0n) is 9.34. The van der Waals surface area contributed by atoms with Crippen LogP contribution in [-0.2, 0) is 9.59 Å². The minimum atomic E-state index is -1.60. The largest absolute Gasteiger partial charge is 0.479 e. The van der Waals surface area contributed by atoms with Crippen molar-refractivity contribution in [3.63, 3.8) is 0 Å². The molecule has 1 amide bonds. The number of carboxylic acid groups (broad SMARTS) is 1. The van der Waals surface area contributed by atoms with E-state index < -0.39 is 18.0 Å². The van der Waals surface area contributed by atoms with Gasteiger partial charge in [0.15, 0.2) is 6.10 Å². The maximum atomic E-state index is 11.3. The van der Waals surface area contributed by atoms with Gasteiger partial charge in [-0.15, -0.1) is 0 Å². The molecule has 0 bridgehead atoms. The first kappa shape index (κ1) is 14.2. The summed E-state index contributed by atoms with van der Waals surface area (Å²) in [6.45, 7) is -0.339. The van der Waals surface area contributed by atoms with Gasteiger partial charge in [0.05, 0.1) is 6.54 Å². The zero-order valence-corrected chi connectivity index (χ0v) is 10.1. The van der Waals surface area contributed by atoms with Gasteiger partial charge in [-0.05, 0) is 23.8 Å². The molecule has 0 fully saturated rings. The minimum Gasteiger partial charge on any atom is -0.479 e. The molecule has 1 unspecified atom stereocenters. The predicted molar refractivity (Wildman–Crippen MR) is 67.1 cm³/mol. The number of carboxylic acids is 1. The fourth-order valence-electron chi connectivity index (χ4n) is 1.13. The smallest absolute Gasteiger partial charge is 0.334 e. The molecule has 0 aliphatic carbocycles. The van der Waals surface area contributed by atoms with Gasteiger partial charge >= 0.3 is 5.97 Å². The van der Waals surface area contributed by atoms with Crippen molar-refractivity contribution in [2.45, 2.75) is 6.10 Å². The number of nitrogens with one attached hydrogen (secondary N) is 1.